The van der Waals surface area contributed by atoms with Gasteiger partial charge in [0.25, 0.3) is 0 Å². The summed E-state index contributed by atoms with van der Waals surface area (Å²) in [6.07, 6.45) is 2.90. The van der Waals surface area contributed by atoms with E-state index >= 15 is 0 Å². The van der Waals surface area contributed by atoms with Crippen LogP contribution < -0.4 is 5.73 Å². The molecule has 2 rings (SSSR count). The number of halogens is 1. The molecule has 21 heavy (non-hydrogen) atoms. The highest BCUT2D eigenvalue weighted by atomic mass is 32.2. The fraction of sp³-hybridized carbons (Fsp3) is 0.600. The number of hydrogen-bond acceptors (Lipinski definition) is 3. The summed E-state index contributed by atoms with van der Waals surface area (Å²) in [7, 11) is -3.62. The summed E-state index contributed by atoms with van der Waals surface area (Å²) in [6, 6.07) is 1.20. The summed E-state index contributed by atoms with van der Waals surface area (Å²) in [4.78, 5) is 0.165. The molecule has 1 heterocycles. The van der Waals surface area contributed by atoms with E-state index in [2.05, 4.69) is 6.92 Å². The number of nitrogens with two attached hydrogens (primary N) is 1. The number of benzene rings is 1. The molecule has 0 amide bonds. The Kier molecular flexibility index (Phi) is 4.58. The van der Waals surface area contributed by atoms with Crippen LogP contribution in [0, 0.1) is 25.6 Å². The molecule has 1 aliphatic rings. The van der Waals surface area contributed by atoms with Crippen molar-refractivity contribution in [1.29, 1.82) is 0 Å². The van der Waals surface area contributed by atoms with E-state index in [9.17, 15) is 12.8 Å². The Morgan fingerprint density at radius 3 is 2.71 bits per heavy atom. The van der Waals surface area contributed by atoms with Crippen LogP contribution in [0.2, 0.25) is 0 Å². The maximum absolute atomic E-state index is 13.6. The van der Waals surface area contributed by atoms with Gasteiger partial charge in [-0.25, -0.2) is 12.8 Å². The lowest BCUT2D eigenvalue weighted by atomic mass is 9.97. The van der Waals surface area contributed by atoms with Crippen LogP contribution in [-0.4, -0.2) is 25.8 Å². The number of sulfonamides is 1. The average molecular weight is 314 g/mol. The van der Waals surface area contributed by atoms with Gasteiger partial charge in [0.1, 0.15) is 5.82 Å². The van der Waals surface area contributed by atoms with Gasteiger partial charge in [0.05, 0.1) is 10.6 Å². The second-order valence-electron chi connectivity index (χ2n) is 5.82. The molecule has 1 saturated heterocycles. The molecule has 1 aromatic carbocycles. The fourth-order valence-electron chi connectivity index (χ4n) is 3.03. The zero-order valence-electron chi connectivity index (χ0n) is 12.8. The quantitative estimate of drug-likeness (QED) is 0.873. The molecule has 0 aliphatic carbocycles. The first-order valence-corrected chi connectivity index (χ1v) is 8.78. The summed E-state index contributed by atoms with van der Waals surface area (Å²) in [5.41, 5.74) is 6.32. The van der Waals surface area contributed by atoms with Gasteiger partial charge in [0, 0.05) is 13.1 Å². The van der Waals surface area contributed by atoms with Crippen LogP contribution in [0.5, 0.6) is 0 Å². The highest BCUT2D eigenvalue weighted by Crippen LogP contribution is 2.32. The number of hydrogen-bond donors (Lipinski definition) is 1. The number of piperidine rings is 1. The van der Waals surface area contributed by atoms with Crippen LogP contribution in [0.1, 0.15) is 37.3 Å². The second-order valence-corrected chi connectivity index (χ2v) is 7.70. The third-order valence-corrected chi connectivity index (χ3v) is 6.52. The van der Waals surface area contributed by atoms with E-state index in [0.717, 1.165) is 19.3 Å². The molecule has 1 aromatic rings. The lowest BCUT2D eigenvalue weighted by molar-refractivity contribution is 0.261. The molecule has 6 heteroatoms. The number of aryl methyl sites for hydroxylation is 1. The topological polar surface area (TPSA) is 63.4 Å². The van der Waals surface area contributed by atoms with Crippen LogP contribution >= 0.6 is 0 Å². The smallest absolute Gasteiger partial charge is 0.243 e. The zero-order chi connectivity index (χ0) is 15.8. The second kappa shape index (κ2) is 5.93. The third-order valence-electron chi connectivity index (χ3n) is 4.36. The van der Waals surface area contributed by atoms with Crippen molar-refractivity contribution in [1.82, 2.24) is 4.31 Å². The Bertz CT molecular complexity index is 644. The Morgan fingerprint density at radius 1 is 1.43 bits per heavy atom. The van der Waals surface area contributed by atoms with Gasteiger partial charge in [0.15, 0.2) is 0 Å². The van der Waals surface area contributed by atoms with E-state index in [1.54, 1.807) is 13.8 Å². The van der Waals surface area contributed by atoms with Crippen molar-refractivity contribution >= 4 is 15.7 Å². The van der Waals surface area contributed by atoms with Crippen LogP contribution in [-0.2, 0) is 10.0 Å². The Hall–Kier alpha value is -1.14. The number of nitrogen functional groups attached to an aromatic ring is 1. The summed E-state index contributed by atoms with van der Waals surface area (Å²) < 4.78 is 41.0. The van der Waals surface area contributed by atoms with Crippen LogP contribution in [0.15, 0.2) is 11.0 Å². The molecule has 1 unspecified atom stereocenters. The molecule has 1 fully saturated rings. The van der Waals surface area contributed by atoms with Gasteiger partial charge in [-0.05, 0) is 49.8 Å². The van der Waals surface area contributed by atoms with E-state index in [1.807, 2.05) is 0 Å². The monoisotopic (exact) mass is 314 g/mol. The van der Waals surface area contributed by atoms with Crippen molar-refractivity contribution in [3.8, 4) is 0 Å². The molecular weight excluding hydrogens is 291 g/mol. The third kappa shape index (κ3) is 2.92. The fourth-order valence-corrected chi connectivity index (χ4v) is 5.03. The first kappa shape index (κ1) is 16.2. The van der Waals surface area contributed by atoms with Crippen LogP contribution in [0.25, 0.3) is 0 Å². The maximum Gasteiger partial charge on any atom is 0.243 e. The van der Waals surface area contributed by atoms with E-state index in [0.29, 0.717) is 30.1 Å². The first-order chi connectivity index (χ1) is 9.78. The minimum absolute atomic E-state index is 0.0803. The highest BCUT2D eigenvalue weighted by molar-refractivity contribution is 7.89. The van der Waals surface area contributed by atoms with Gasteiger partial charge in [-0.15, -0.1) is 0 Å². The lowest BCUT2D eigenvalue weighted by Gasteiger charge is -2.32. The summed E-state index contributed by atoms with van der Waals surface area (Å²) in [5, 5.41) is 0. The maximum atomic E-state index is 13.6. The molecule has 1 aliphatic heterocycles. The van der Waals surface area contributed by atoms with Gasteiger partial charge in [0.2, 0.25) is 10.0 Å². The molecule has 4 nitrogen and oxygen atoms in total. The Morgan fingerprint density at radius 2 is 2.10 bits per heavy atom. The van der Waals surface area contributed by atoms with Crippen molar-refractivity contribution in [2.45, 2.75) is 44.9 Å². The molecule has 0 spiro atoms. The first-order valence-electron chi connectivity index (χ1n) is 7.34. The standard InChI is InChI=1S/C15H23FN2O2S/c1-4-12-6-5-7-18(9-12)21(19,20)15-10(2)8-13(16)14(17)11(15)3/h8,12H,4-7,9,17H2,1-3H3. The number of anilines is 1. The van der Waals surface area contributed by atoms with Gasteiger partial charge in [-0.3, -0.25) is 0 Å². The van der Waals surface area contributed by atoms with Crippen molar-refractivity contribution < 1.29 is 12.8 Å². The Balaban J connectivity index is 2.47. The van der Waals surface area contributed by atoms with Crippen LogP contribution in [0.3, 0.4) is 0 Å². The summed E-state index contributed by atoms with van der Waals surface area (Å²) in [5.74, 6) is -0.166. The molecule has 0 aromatic heterocycles. The van der Waals surface area contributed by atoms with Gasteiger partial charge < -0.3 is 5.73 Å². The number of nitrogens with zero attached hydrogens (tertiary/aromatic N) is 1. The largest absolute Gasteiger partial charge is 0.396 e. The molecule has 2 N–H and O–H groups in total. The molecular formula is C15H23FN2O2S. The Labute approximate surface area is 126 Å². The van der Waals surface area contributed by atoms with Gasteiger partial charge in [-0.1, -0.05) is 13.3 Å². The number of rotatable bonds is 3. The zero-order valence-corrected chi connectivity index (χ0v) is 13.6. The summed E-state index contributed by atoms with van der Waals surface area (Å²) in [6.45, 7) is 6.32. The van der Waals surface area contributed by atoms with E-state index < -0.39 is 15.8 Å². The van der Waals surface area contributed by atoms with E-state index in [4.69, 9.17) is 5.73 Å². The van der Waals surface area contributed by atoms with Crippen molar-refractivity contribution in [3.63, 3.8) is 0 Å². The predicted molar refractivity (Wildman–Crippen MR) is 82.1 cm³/mol. The molecule has 0 bridgehead atoms. The molecule has 0 saturated carbocycles. The SMILES string of the molecule is CCC1CCCN(S(=O)(=O)c2c(C)cc(F)c(N)c2C)C1. The predicted octanol–water partition coefficient (Wildman–Crippen LogP) is 2.84. The molecule has 118 valence electrons. The minimum Gasteiger partial charge on any atom is -0.396 e. The highest BCUT2D eigenvalue weighted by Gasteiger charge is 2.32. The summed E-state index contributed by atoms with van der Waals surface area (Å²) >= 11 is 0. The van der Waals surface area contributed by atoms with E-state index in [1.165, 1.54) is 10.4 Å². The van der Waals surface area contributed by atoms with Gasteiger partial charge in [-0.2, -0.15) is 4.31 Å². The lowest BCUT2D eigenvalue weighted by Crippen LogP contribution is -2.40. The van der Waals surface area contributed by atoms with Crippen LogP contribution in [0.4, 0.5) is 10.1 Å². The van der Waals surface area contributed by atoms with Gasteiger partial charge >= 0.3 is 0 Å². The van der Waals surface area contributed by atoms with E-state index in [-0.39, 0.29) is 10.6 Å². The molecule has 0 radical (unpaired) electrons. The molecule has 1 atom stereocenters. The average Bonchev–Trinajstić information content (AvgIpc) is 2.44. The normalized spacial score (nSPS) is 20.7. The van der Waals surface area contributed by atoms with Crippen molar-refractivity contribution in [3.05, 3.63) is 23.0 Å². The minimum atomic E-state index is -3.62. The van der Waals surface area contributed by atoms with Crippen molar-refractivity contribution in [2.75, 3.05) is 18.8 Å². The van der Waals surface area contributed by atoms with Crippen molar-refractivity contribution in [2.24, 2.45) is 5.92 Å².